The number of carbonyl (C=O) groups is 1. The summed E-state index contributed by atoms with van der Waals surface area (Å²) in [5, 5.41) is 1.11. The molecule has 3 heterocycles. The molecule has 0 radical (unpaired) electrons. The highest BCUT2D eigenvalue weighted by atomic mass is 79.9. The highest BCUT2D eigenvalue weighted by Gasteiger charge is 2.25. The number of fused-ring (bicyclic) bond motifs is 1. The summed E-state index contributed by atoms with van der Waals surface area (Å²) in [6.07, 6.45) is 4.46. The monoisotopic (exact) mass is 391 g/mol. The van der Waals surface area contributed by atoms with Gasteiger partial charge in [-0.25, -0.2) is 9.78 Å². The fraction of sp³-hybridized carbons (Fsp3) is 0.444. The van der Waals surface area contributed by atoms with Crippen LogP contribution in [0.1, 0.15) is 38.4 Å². The van der Waals surface area contributed by atoms with Gasteiger partial charge in [-0.1, -0.05) is 6.08 Å². The molecule has 0 fully saturated rings. The third-order valence-electron chi connectivity index (χ3n) is 3.99. The van der Waals surface area contributed by atoms with Crippen molar-refractivity contribution >= 4 is 38.6 Å². The van der Waals surface area contributed by atoms with Crippen molar-refractivity contribution in [3.63, 3.8) is 0 Å². The number of aromatic nitrogens is 2. The number of carbonyl (C=O) groups excluding carboxylic acids is 1. The Morgan fingerprint density at radius 1 is 1.42 bits per heavy atom. The van der Waals surface area contributed by atoms with Crippen LogP contribution in [0, 0.1) is 6.92 Å². The molecule has 1 aliphatic heterocycles. The zero-order chi connectivity index (χ0) is 17.5. The lowest BCUT2D eigenvalue weighted by Crippen LogP contribution is -2.39. The van der Waals surface area contributed by atoms with Gasteiger partial charge in [-0.15, -0.1) is 0 Å². The third kappa shape index (κ3) is 3.48. The summed E-state index contributed by atoms with van der Waals surface area (Å²) < 4.78 is 6.41. The van der Waals surface area contributed by atoms with Gasteiger partial charge in [-0.05, 0) is 61.7 Å². The van der Waals surface area contributed by atoms with Crippen LogP contribution in [0.25, 0.3) is 16.6 Å². The van der Waals surface area contributed by atoms with Crippen molar-refractivity contribution in [2.24, 2.45) is 0 Å². The number of ether oxygens (including phenoxy) is 1. The number of hydrogen-bond acceptors (Lipinski definition) is 3. The first kappa shape index (κ1) is 17.0. The second kappa shape index (κ2) is 6.24. The summed E-state index contributed by atoms with van der Waals surface area (Å²) in [7, 11) is 0. The second-order valence-electron chi connectivity index (χ2n) is 7.08. The molecule has 0 aromatic carbocycles. The number of pyridine rings is 1. The maximum atomic E-state index is 12.2. The van der Waals surface area contributed by atoms with E-state index in [-0.39, 0.29) is 6.09 Å². The maximum absolute atomic E-state index is 12.2. The Balaban J connectivity index is 1.84. The number of hydrogen-bond donors (Lipinski definition) is 1. The van der Waals surface area contributed by atoms with E-state index in [1.54, 1.807) is 11.1 Å². The predicted molar refractivity (Wildman–Crippen MR) is 98.9 cm³/mol. The average molecular weight is 392 g/mol. The first-order valence-electron chi connectivity index (χ1n) is 8.06. The number of aromatic amines is 1. The lowest BCUT2D eigenvalue weighted by molar-refractivity contribution is 0.0270. The molecular weight excluding hydrogens is 370 g/mol. The van der Waals surface area contributed by atoms with Crippen molar-refractivity contribution < 1.29 is 9.53 Å². The Morgan fingerprint density at radius 2 is 2.17 bits per heavy atom. The molecule has 0 atom stereocenters. The SMILES string of the molecule is Cc1[nH]c2ncc(Br)cc2c1C1=CCN(C(=O)OC(C)(C)C)CC1. The van der Waals surface area contributed by atoms with Crippen LogP contribution in [0.15, 0.2) is 22.8 Å². The van der Waals surface area contributed by atoms with Crippen molar-refractivity contribution in [2.75, 3.05) is 13.1 Å². The van der Waals surface area contributed by atoms with E-state index < -0.39 is 5.60 Å². The number of aryl methyl sites for hydroxylation is 1. The summed E-state index contributed by atoms with van der Waals surface area (Å²) >= 11 is 3.49. The summed E-state index contributed by atoms with van der Waals surface area (Å²) in [5.74, 6) is 0. The molecule has 1 aliphatic rings. The molecule has 1 amide bonds. The number of rotatable bonds is 1. The molecule has 2 aromatic heterocycles. The molecule has 0 spiro atoms. The lowest BCUT2D eigenvalue weighted by atomic mass is 9.97. The largest absolute Gasteiger partial charge is 0.444 e. The molecule has 1 N–H and O–H groups in total. The van der Waals surface area contributed by atoms with Gasteiger partial charge in [0.1, 0.15) is 11.2 Å². The van der Waals surface area contributed by atoms with E-state index in [4.69, 9.17) is 4.74 Å². The summed E-state index contributed by atoms with van der Waals surface area (Å²) in [4.78, 5) is 21.7. The lowest BCUT2D eigenvalue weighted by Gasteiger charge is -2.29. The fourth-order valence-electron chi connectivity index (χ4n) is 2.97. The van der Waals surface area contributed by atoms with E-state index in [0.717, 1.165) is 27.6 Å². The number of H-pyrrole nitrogens is 1. The van der Waals surface area contributed by atoms with E-state index >= 15 is 0 Å². The molecule has 6 heteroatoms. The molecule has 0 bridgehead atoms. The molecule has 0 saturated carbocycles. The second-order valence-corrected chi connectivity index (χ2v) is 8.00. The predicted octanol–water partition coefficient (Wildman–Crippen LogP) is 4.66. The normalized spacial score (nSPS) is 15.5. The van der Waals surface area contributed by atoms with Crippen molar-refractivity contribution in [3.8, 4) is 0 Å². The van der Waals surface area contributed by atoms with Crippen LogP contribution in [0.2, 0.25) is 0 Å². The first-order valence-corrected chi connectivity index (χ1v) is 8.85. The maximum Gasteiger partial charge on any atom is 0.410 e. The van der Waals surface area contributed by atoms with Crippen LogP contribution in [0.5, 0.6) is 0 Å². The van der Waals surface area contributed by atoms with Crippen molar-refractivity contribution in [3.05, 3.63) is 34.1 Å². The molecule has 0 saturated heterocycles. The number of nitrogens with one attached hydrogen (secondary N) is 1. The van der Waals surface area contributed by atoms with Crippen molar-refractivity contribution in [1.29, 1.82) is 0 Å². The number of nitrogens with zero attached hydrogens (tertiary/aromatic N) is 2. The van der Waals surface area contributed by atoms with E-state index in [0.29, 0.717) is 13.1 Å². The fourth-order valence-corrected chi connectivity index (χ4v) is 3.31. The minimum Gasteiger partial charge on any atom is -0.444 e. The van der Waals surface area contributed by atoms with Gasteiger partial charge < -0.3 is 14.6 Å². The van der Waals surface area contributed by atoms with Crippen LogP contribution in [0.4, 0.5) is 4.79 Å². The smallest absolute Gasteiger partial charge is 0.410 e. The number of amides is 1. The Morgan fingerprint density at radius 3 is 2.79 bits per heavy atom. The molecule has 128 valence electrons. The van der Waals surface area contributed by atoms with Gasteiger partial charge in [-0.3, -0.25) is 0 Å². The molecule has 24 heavy (non-hydrogen) atoms. The summed E-state index contributed by atoms with van der Waals surface area (Å²) in [6, 6.07) is 2.09. The van der Waals surface area contributed by atoms with Gasteiger partial charge in [0.25, 0.3) is 0 Å². The van der Waals surface area contributed by atoms with E-state index in [1.807, 2.05) is 20.8 Å². The first-order chi connectivity index (χ1) is 11.2. The highest BCUT2D eigenvalue weighted by Crippen LogP contribution is 2.33. The molecule has 5 nitrogen and oxygen atoms in total. The van der Waals surface area contributed by atoms with Gasteiger partial charge >= 0.3 is 6.09 Å². The van der Waals surface area contributed by atoms with Crippen LogP contribution < -0.4 is 0 Å². The van der Waals surface area contributed by atoms with Gasteiger partial charge in [0, 0.05) is 40.4 Å². The molecule has 2 aromatic rings. The quantitative estimate of drug-likeness (QED) is 0.768. The van der Waals surface area contributed by atoms with Gasteiger partial charge in [0.2, 0.25) is 0 Å². The standard InChI is InChI=1S/C18H22BrN3O2/c1-11-15(14-9-13(19)10-20-16(14)21-11)12-5-7-22(8-6-12)17(23)24-18(2,3)4/h5,9-10H,6-8H2,1-4H3,(H,20,21). The van der Waals surface area contributed by atoms with E-state index in [1.165, 1.54) is 11.1 Å². The van der Waals surface area contributed by atoms with Crippen LogP contribution >= 0.6 is 15.9 Å². The number of halogens is 1. The summed E-state index contributed by atoms with van der Waals surface area (Å²) in [6.45, 7) is 8.95. The Hall–Kier alpha value is -1.82. The van der Waals surface area contributed by atoms with Crippen LogP contribution in [-0.4, -0.2) is 39.7 Å². The third-order valence-corrected chi connectivity index (χ3v) is 4.42. The molecular formula is C18H22BrN3O2. The Labute approximate surface area is 150 Å². The Bertz CT molecular complexity index is 818. The van der Waals surface area contributed by atoms with Crippen molar-refractivity contribution in [2.45, 2.75) is 39.7 Å². The highest BCUT2D eigenvalue weighted by molar-refractivity contribution is 9.10. The zero-order valence-corrected chi connectivity index (χ0v) is 16.0. The van der Waals surface area contributed by atoms with Gasteiger partial charge in [-0.2, -0.15) is 0 Å². The van der Waals surface area contributed by atoms with Crippen molar-refractivity contribution in [1.82, 2.24) is 14.9 Å². The topological polar surface area (TPSA) is 58.2 Å². The molecule has 3 rings (SSSR count). The molecule has 0 aliphatic carbocycles. The molecule has 0 unspecified atom stereocenters. The minimum absolute atomic E-state index is 0.252. The van der Waals surface area contributed by atoms with Crippen LogP contribution in [0.3, 0.4) is 0 Å². The average Bonchev–Trinajstić information content (AvgIpc) is 2.81. The minimum atomic E-state index is -0.466. The van der Waals surface area contributed by atoms with Gasteiger partial charge in [0.05, 0.1) is 0 Å². The van der Waals surface area contributed by atoms with Gasteiger partial charge in [0.15, 0.2) is 0 Å². The van der Waals surface area contributed by atoms with E-state index in [9.17, 15) is 4.79 Å². The zero-order valence-electron chi connectivity index (χ0n) is 14.4. The Kier molecular flexibility index (Phi) is 4.42. The summed E-state index contributed by atoms with van der Waals surface area (Å²) in [5.41, 5.74) is 3.97. The van der Waals surface area contributed by atoms with Crippen LogP contribution in [-0.2, 0) is 4.74 Å². The van der Waals surface area contributed by atoms with E-state index in [2.05, 4.69) is 45.0 Å².